The molecule has 1 heteroatoms. The predicted molar refractivity (Wildman–Crippen MR) is 53.9 cm³/mol. The summed E-state index contributed by atoms with van der Waals surface area (Å²) in [4.78, 5) is 0. The number of hydrogen-bond acceptors (Lipinski definition) is 1. The monoisotopic (exact) mass is 163 g/mol. The van der Waals surface area contributed by atoms with Gasteiger partial charge >= 0.3 is 0 Å². The van der Waals surface area contributed by atoms with Gasteiger partial charge in [0.05, 0.1) is 0 Å². The number of nitrogens with two attached hydrogens (primary N) is 1. The van der Waals surface area contributed by atoms with Crippen molar-refractivity contribution in [3.05, 3.63) is 36.0 Å². The molecule has 66 valence electrons. The number of hydrogen-bond donors (Lipinski definition) is 1. The molecule has 1 rings (SSSR count). The average Bonchev–Trinajstić information content (AvgIpc) is 2.43. The van der Waals surface area contributed by atoms with Gasteiger partial charge in [-0.05, 0) is 30.4 Å². The Hall–Kier alpha value is -0.820. The molecule has 1 nitrogen and oxygen atoms in total. The summed E-state index contributed by atoms with van der Waals surface area (Å²) >= 11 is 0. The van der Waals surface area contributed by atoms with Crippen LogP contribution < -0.4 is 5.73 Å². The lowest BCUT2D eigenvalue weighted by molar-refractivity contribution is 0.760. The Balaban J connectivity index is 2.80. The van der Waals surface area contributed by atoms with Gasteiger partial charge in [0.2, 0.25) is 0 Å². The van der Waals surface area contributed by atoms with Gasteiger partial charge in [-0.2, -0.15) is 0 Å². The molecule has 0 aromatic rings. The van der Waals surface area contributed by atoms with Crippen LogP contribution in [0.25, 0.3) is 0 Å². The van der Waals surface area contributed by atoms with Gasteiger partial charge in [-0.25, -0.2) is 0 Å². The number of rotatable bonds is 3. The molecule has 0 aromatic carbocycles. The van der Waals surface area contributed by atoms with E-state index in [9.17, 15) is 0 Å². The summed E-state index contributed by atoms with van der Waals surface area (Å²) < 4.78 is 0. The lowest BCUT2D eigenvalue weighted by atomic mass is 10.1. The molecule has 0 aliphatic heterocycles. The summed E-state index contributed by atoms with van der Waals surface area (Å²) in [5.41, 5.74) is 8.54. The van der Waals surface area contributed by atoms with Gasteiger partial charge < -0.3 is 5.73 Å². The second-order valence-electron chi connectivity index (χ2n) is 3.14. The first-order valence-electron chi connectivity index (χ1n) is 4.57. The Kier molecular flexibility index (Phi) is 3.30. The van der Waals surface area contributed by atoms with Gasteiger partial charge in [0.25, 0.3) is 0 Å². The van der Waals surface area contributed by atoms with E-state index >= 15 is 0 Å². The van der Waals surface area contributed by atoms with Crippen LogP contribution in [0.3, 0.4) is 0 Å². The van der Waals surface area contributed by atoms with E-state index in [0.29, 0.717) is 0 Å². The van der Waals surface area contributed by atoms with Crippen molar-refractivity contribution >= 4 is 0 Å². The maximum Gasteiger partial charge on any atom is 0.0300 e. The molecule has 1 atom stereocenters. The van der Waals surface area contributed by atoms with Crippen LogP contribution in [-0.2, 0) is 0 Å². The fourth-order valence-electron chi connectivity index (χ4n) is 1.54. The van der Waals surface area contributed by atoms with Crippen LogP contribution in [0, 0.1) is 0 Å². The first-order chi connectivity index (χ1) is 5.79. The van der Waals surface area contributed by atoms with Crippen LogP contribution in [0.1, 0.15) is 26.2 Å². The van der Waals surface area contributed by atoms with Crippen molar-refractivity contribution in [1.29, 1.82) is 0 Å². The maximum absolute atomic E-state index is 5.93. The van der Waals surface area contributed by atoms with Gasteiger partial charge in [-0.15, -0.1) is 0 Å². The molecule has 0 aromatic heterocycles. The highest BCUT2D eigenvalue weighted by Crippen LogP contribution is 2.26. The van der Waals surface area contributed by atoms with Crippen LogP contribution in [0.15, 0.2) is 36.0 Å². The minimum Gasteiger partial charge on any atom is -0.324 e. The summed E-state index contributed by atoms with van der Waals surface area (Å²) in [5, 5.41) is 0. The standard InChI is InChI=1S/C11H17N/c1-3-5-6-10-9(4-2)7-8-11(10)12/h4-6,11H,2-3,7-8,12H2,1H3/b6-5-. The Morgan fingerprint density at radius 3 is 3.00 bits per heavy atom. The molecule has 1 aliphatic rings. The van der Waals surface area contributed by atoms with Gasteiger partial charge in [0.15, 0.2) is 0 Å². The summed E-state index contributed by atoms with van der Waals surface area (Å²) in [5.74, 6) is 0. The van der Waals surface area contributed by atoms with Gasteiger partial charge in [-0.1, -0.05) is 31.7 Å². The molecule has 1 unspecified atom stereocenters. The smallest absolute Gasteiger partial charge is 0.0300 e. The van der Waals surface area contributed by atoms with E-state index in [0.717, 1.165) is 19.3 Å². The van der Waals surface area contributed by atoms with E-state index in [1.807, 2.05) is 6.08 Å². The third-order valence-corrected chi connectivity index (χ3v) is 2.27. The topological polar surface area (TPSA) is 26.0 Å². The molecule has 1 aliphatic carbocycles. The summed E-state index contributed by atoms with van der Waals surface area (Å²) in [6.45, 7) is 5.92. The third-order valence-electron chi connectivity index (χ3n) is 2.27. The zero-order chi connectivity index (χ0) is 8.97. The summed E-state index contributed by atoms with van der Waals surface area (Å²) in [6, 6.07) is 0.237. The van der Waals surface area contributed by atoms with Crippen molar-refractivity contribution in [2.75, 3.05) is 0 Å². The van der Waals surface area contributed by atoms with Crippen LogP contribution in [0.4, 0.5) is 0 Å². The molecule has 0 heterocycles. The van der Waals surface area contributed by atoms with Crippen LogP contribution in [0.2, 0.25) is 0 Å². The highest BCUT2D eigenvalue weighted by Gasteiger charge is 2.17. The van der Waals surface area contributed by atoms with Crippen molar-refractivity contribution in [2.24, 2.45) is 5.73 Å². The molecule has 2 N–H and O–H groups in total. The third kappa shape index (κ3) is 1.86. The van der Waals surface area contributed by atoms with Gasteiger partial charge in [0.1, 0.15) is 0 Å². The van der Waals surface area contributed by atoms with E-state index in [2.05, 4.69) is 25.7 Å². The molecular weight excluding hydrogens is 146 g/mol. The Morgan fingerprint density at radius 2 is 2.42 bits per heavy atom. The highest BCUT2D eigenvalue weighted by molar-refractivity contribution is 5.39. The van der Waals surface area contributed by atoms with Crippen molar-refractivity contribution in [3.8, 4) is 0 Å². The molecule has 0 saturated heterocycles. The highest BCUT2D eigenvalue weighted by atomic mass is 14.6. The van der Waals surface area contributed by atoms with Crippen molar-refractivity contribution in [2.45, 2.75) is 32.2 Å². The van der Waals surface area contributed by atoms with E-state index in [1.165, 1.54) is 11.1 Å². The minimum absolute atomic E-state index is 0.237. The SMILES string of the molecule is C=CC1=C(/C=C\CC)C(N)CC1. The Labute approximate surface area is 74.7 Å². The van der Waals surface area contributed by atoms with Gasteiger partial charge in [0, 0.05) is 6.04 Å². The molecular formula is C11H17N. The fourth-order valence-corrected chi connectivity index (χ4v) is 1.54. The molecule has 0 saturated carbocycles. The van der Waals surface area contributed by atoms with Gasteiger partial charge in [-0.3, -0.25) is 0 Å². The zero-order valence-corrected chi connectivity index (χ0v) is 7.72. The summed E-state index contributed by atoms with van der Waals surface area (Å²) in [6.07, 6.45) is 9.47. The Bertz CT molecular complexity index is 223. The lowest BCUT2D eigenvalue weighted by Gasteiger charge is -2.03. The second kappa shape index (κ2) is 4.27. The zero-order valence-electron chi connectivity index (χ0n) is 7.72. The predicted octanol–water partition coefficient (Wildman–Crippen LogP) is 2.56. The molecule has 12 heavy (non-hydrogen) atoms. The molecule has 0 spiro atoms. The molecule has 0 amide bonds. The largest absolute Gasteiger partial charge is 0.324 e. The van der Waals surface area contributed by atoms with Crippen molar-refractivity contribution < 1.29 is 0 Å². The quantitative estimate of drug-likeness (QED) is 0.680. The van der Waals surface area contributed by atoms with Crippen LogP contribution in [0.5, 0.6) is 0 Å². The minimum atomic E-state index is 0.237. The van der Waals surface area contributed by atoms with E-state index < -0.39 is 0 Å². The molecule has 0 fully saturated rings. The number of allylic oxidation sites excluding steroid dienone is 3. The molecule has 0 bridgehead atoms. The second-order valence-corrected chi connectivity index (χ2v) is 3.14. The van der Waals surface area contributed by atoms with E-state index in [4.69, 9.17) is 5.73 Å². The van der Waals surface area contributed by atoms with Crippen LogP contribution >= 0.6 is 0 Å². The summed E-state index contributed by atoms with van der Waals surface area (Å²) in [7, 11) is 0. The Morgan fingerprint density at radius 1 is 1.67 bits per heavy atom. The van der Waals surface area contributed by atoms with E-state index in [1.54, 1.807) is 0 Å². The average molecular weight is 163 g/mol. The first-order valence-corrected chi connectivity index (χ1v) is 4.57. The first kappa shape index (κ1) is 9.27. The van der Waals surface area contributed by atoms with E-state index in [-0.39, 0.29) is 6.04 Å². The van der Waals surface area contributed by atoms with Crippen molar-refractivity contribution in [3.63, 3.8) is 0 Å². The lowest BCUT2D eigenvalue weighted by Crippen LogP contribution is -2.17. The van der Waals surface area contributed by atoms with Crippen LogP contribution in [-0.4, -0.2) is 6.04 Å². The normalized spacial score (nSPS) is 24.0. The fraction of sp³-hybridized carbons (Fsp3) is 0.455. The maximum atomic E-state index is 5.93. The van der Waals surface area contributed by atoms with Crippen molar-refractivity contribution in [1.82, 2.24) is 0 Å². The molecule has 0 radical (unpaired) electrons.